The topological polar surface area (TPSA) is 74.3 Å². The van der Waals surface area contributed by atoms with Crippen molar-refractivity contribution in [2.24, 2.45) is 17.8 Å². The Morgan fingerprint density at radius 2 is 2.03 bits per heavy atom. The van der Waals surface area contributed by atoms with Gasteiger partial charge in [-0.25, -0.2) is 4.39 Å². The van der Waals surface area contributed by atoms with E-state index in [1.807, 2.05) is 25.1 Å². The molecule has 1 unspecified atom stereocenters. The van der Waals surface area contributed by atoms with Crippen molar-refractivity contribution in [2.75, 3.05) is 26.4 Å². The maximum atomic E-state index is 15.7. The Morgan fingerprint density at radius 1 is 1.25 bits per heavy atom. The van der Waals surface area contributed by atoms with Gasteiger partial charge in [-0.15, -0.1) is 0 Å². The average Bonchev–Trinajstić information content (AvgIpc) is 3.22. The molecule has 3 aromatic rings. The van der Waals surface area contributed by atoms with Gasteiger partial charge in [0.05, 0.1) is 12.6 Å². The summed E-state index contributed by atoms with van der Waals surface area (Å²) in [7, 11) is 0. The molecule has 0 saturated heterocycles. The minimum absolute atomic E-state index is 0.0533. The van der Waals surface area contributed by atoms with E-state index in [0.717, 1.165) is 28.6 Å². The number of halogens is 2. The van der Waals surface area contributed by atoms with E-state index in [0.29, 0.717) is 43.9 Å². The van der Waals surface area contributed by atoms with Crippen LogP contribution in [0.4, 0.5) is 8.78 Å². The zero-order valence-electron chi connectivity index (χ0n) is 21.2. The first-order valence-electron chi connectivity index (χ1n) is 12.8. The molecule has 7 heteroatoms. The average molecular weight is 499 g/mol. The van der Waals surface area contributed by atoms with E-state index in [9.17, 15) is 14.3 Å². The number of carbonyl (C=O) groups is 1. The highest BCUT2D eigenvalue weighted by Crippen LogP contribution is 2.50. The van der Waals surface area contributed by atoms with Crippen LogP contribution in [0.2, 0.25) is 0 Å². The third kappa shape index (κ3) is 5.26. The highest BCUT2D eigenvalue weighted by molar-refractivity contribution is 5.85. The molecule has 4 atom stereocenters. The summed E-state index contributed by atoms with van der Waals surface area (Å²) in [5.74, 6) is -1.27. The summed E-state index contributed by atoms with van der Waals surface area (Å²) in [5, 5.41) is 13.9. The smallest absolute Gasteiger partial charge is 0.306 e. The Morgan fingerprint density at radius 3 is 2.78 bits per heavy atom. The molecule has 0 fully saturated rings. The van der Waals surface area contributed by atoms with Gasteiger partial charge >= 0.3 is 5.97 Å². The number of rotatable bonds is 11. The maximum Gasteiger partial charge on any atom is 0.306 e. The van der Waals surface area contributed by atoms with Crippen LogP contribution in [0.3, 0.4) is 0 Å². The number of H-pyrrole nitrogens is 1. The lowest BCUT2D eigenvalue weighted by atomic mass is 9.65. The van der Waals surface area contributed by atoms with E-state index in [1.165, 1.54) is 11.6 Å². The highest BCUT2D eigenvalue weighted by atomic mass is 19.1. The fraction of sp³-hybridized carbons (Fsp3) is 0.483. The van der Waals surface area contributed by atoms with Crippen molar-refractivity contribution >= 4 is 16.9 Å². The molecule has 0 spiro atoms. The maximum absolute atomic E-state index is 15.7. The summed E-state index contributed by atoms with van der Waals surface area (Å²) < 4.78 is 34.0. The second kappa shape index (κ2) is 11.4. The van der Waals surface area contributed by atoms with Crippen LogP contribution in [0.1, 0.15) is 55.0 Å². The van der Waals surface area contributed by atoms with E-state index in [2.05, 4.69) is 23.3 Å². The molecule has 0 amide bonds. The summed E-state index contributed by atoms with van der Waals surface area (Å²) in [6.07, 6.45) is 1.73. The molecule has 4 rings (SSSR count). The standard InChI is InChI=1S/C29H36F2N2O3/c1-17-15-22-20-7-4-5-8-24(20)33-28(22)27(21(17)16-18(2)29(34)35)26-19(3)25(10-9-23(26)31)36-14-13-32-12-6-11-30/h4-5,7-10,17-18,21,27,32-33H,6,11-16H2,1-3H3,(H,34,35)/t17-,18+,21?,27-/m1/s1. The molecule has 1 aromatic heterocycles. The van der Waals surface area contributed by atoms with Gasteiger partial charge in [0, 0.05) is 34.6 Å². The number of ether oxygens (including phenoxy) is 1. The second-order valence-electron chi connectivity index (χ2n) is 10.1. The SMILES string of the molecule is Cc1c(OCCNCCCF)ccc(F)c1[C@@H]1c2[nH]c3ccccc3c2C[C@@H](C)C1C[C@H](C)C(=O)O. The molecule has 1 aliphatic carbocycles. The van der Waals surface area contributed by atoms with Crippen LogP contribution in [0.15, 0.2) is 36.4 Å². The number of benzene rings is 2. The van der Waals surface area contributed by atoms with Gasteiger partial charge in [-0.2, -0.15) is 0 Å². The van der Waals surface area contributed by atoms with Gasteiger partial charge in [0.2, 0.25) is 0 Å². The van der Waals surface area contributed by atoms with Crippen LogP contribution in [-0.4, -0.2) is 42.4 Å². The van der Waals surface area contributed by atoms with Crippen molar-refractivity contribution in [3.8, 4) is 5.75 Å². The molecular formula is C29H36F2N2O3. The van der Waals surface area contributed by atoms with E-state index < -0.39 is 11.9 Å². The minimum atomic E-state index is -0.835. The predicted octanol–water partition coefficient (Wildman–Crippen LogP) is 5.99. The Labute approximate surface area is 211 Å². The van der Waals surface area contributed by atoms with Gasteiger partial charge in [-0.1, -0.05) is 32.0 Å². The number of nitrogens with one attached hydrogen (secondary N) is 2. The molecule has 194 valence electrons. The lowest BCUT2D eigenvalue weighted by molar-refractivity contribution is -0.141. The Balaban J connectivity index is 1.75. The van der Waals surface area contributed by atoms with Gasteiger partial charge in [0.15, 0.2) is 0 Å². The van der Waals surface area contributed by atoms with Crippen LogP contribution in [0.5, 0.6) is 5.75 Å². The normalized spacial score (nSPS) is 20.3. The lowest BCUT2D eigenvalue weighted by Gasteiger charge is -2.39. The van der Waals surface area contributed by atoms with Gasteiger partial charge < -0.3 is 20.1 Å². The number of hydrogen-bond donors (Lipinski definition) is 3. The van der Waals surface area contributed by atoms with Gasteiger partial charge in [-0.05, 0) is 73.9 Å². The molecule has 36 heavy (non-hydrogen) atoms. The molecule has 5 nitrogen and oxygen atoms in total. The highest BCUT2D eigenvalue weighted by Gasteiger charge is 2.41. The molecule has 0 saturated carbocycles. The molecule has 1 aliphatic rings. The first-order valence-corrected chi connectivity index (χ1v) is 12.8. The van der Waals surface area contributed by atoms with Crippen LogP contribution in [0, 0.1) is 30.5 Å². The van der Waals surface area contributed by atoms with Crippen LogP contribution in [-0.2, 0) is 11.2 Å². The van der Waals surface area contributed by atoms with Crippen molar-refractivity contribution in [1.29, 1.82) is 0 Å². The molecule has 0 radical (unpaired) electrons. The number of aromatic nitrogens is 1. The molecule has 2 aromatic carbocycles. The quantitative estimate of drug-likeness (QED) is 0.284. The number of para-hydroxylation sites is 1. The number of aliphatic carboxylic acids is 1. The third-order valence-corrected chi connectivity index (χ3v) is 7.64. The summed E-state index contributed by atoms with van der Waals surface area (Å²) >= 11 is 0. The number of hydrogen-bond acceptors (Lipinski definition) is 3. The largest absolute Gasteiger partial charge is 0.492 e. The number of carboxylic acids is 1. The van der Waals surface area contributed by atoms with Crippen molar-refractivity contribution in [2.45, 2.75) is 46.0 Å². The number of fused-ring (bicyclic) bond motifs is 3. The Bertz CT molecular complexity index is 1210. The van der Waals surface area contributed by atoms with Gasteiger partial charge in [0.25, 0.3) is 0 Å². The predicted molar refractivity (Wildman–Crippen MR) is 138 cm³/mol. The monoisotopic (exact) mass is 498 g/mol. The van der Waals surface area contributed by atoms with Crippen molar-refractivity contribution in [1.82, 2.24) is 10.3 Å². The van der Waals surface area contributed by atoms with E-state index in [-0.39, 0.29) is 30.2 Å². The zero-order chi connectivity index (χ0) is 25.8. The summed E-state index contributed by atoms with van der Waals surface area (Å²) in [5.41, 5.74) is 4.47. The van der Waals surface area contributed by atoms with Crippen molar-refractivity contribution in [3.05, 3.63) is 64.6 Å². The fourth-order valence-corrected chi connectivity index (χ4v) is 5.72. The molecule has 0 aliphatic heterocycles. The summed E-state index contributed by atoms with van der Waals surface area (Å²) in [4.78, 5) is 15.3. The fourth-order valence-electron chi connectivity index (χ4n) is 5.72. The van der Waals surface area contributed by atoms with Crippen LogP contribution < -0.4 is 10.1 Å². The summed E-state index contributed by atoms with van der Waals surface area (Å²) in [6, 6.07) is 11.2. The molecular weight excluding hydrogens is 462 g/mol. The molecule has 3 N–H and O–H groups in total. The van der Waals surface area contributed by atoms with E-state index >= 15 is 4.39 Å². The first-order chi connectivity index (χ1) is 17.3. The van der Waals surface area contributed by atoms with E-state index in [1.54, 1.807) is 13.0 Å². The summed E-state index contributed by atoms with van der Waals surface area (Å²) in [6.45, 7) is 6.93. The number of aromatic amines is 1. The molecule has 0 bridgehead atoms. The van der Waals surface area contributed by atoms with Crippen molar-refractivity contribution in [3.63, 3.8) is 0 Å². The zero-order valence-corrected chi connectivity index (χ0v) is 21.2. The molecule has 1 heterocycles. The van der Waals surface area contributed by atoms with Crippen LogP contribution >= 0.6 is 0 Å². The number of carboxylic acid groups (broad SMARTS) is 1. The Hall–Kier alpha value is -2.93. The number of alkyl halides is 1. The van der Waals surface area contributed by atoms with Gasteiger partial charge in [-0.3, -0.25) is 9.18 Å². The Kier molecular flexibility index (Phi) is 8.29. The van der Waals surface area contributed by atoms with Crippen LogP contribution in [0.25, 0.3) is 10.9 Å². The van der Waals surface area contributed by atoms with E-state index in [4.69, 9.17) is 4.74 Å². The van der Waals surface area contributed by atoms with Crippen molar-refractivity contribution < 1.29 is 23.4 Å². The third-order valence-electron chi connectivity index (χ3n) is 7.64. The van der Waals surface area contributed by atoms with Gasteiger partial charge in [0.1, 0.15) is 18.2 Å². The first kappa shape index (κ1) is 26.1. The second-order valence-corrected chi connectivity index (χ2v) is 10.1. The minimum Gasteiger partial charge on any atom is -0.492 e. The lowest BCUT2D eigenvalue weighted by Crippen LogP contribution is -2.32.